The van der Waals surface area contributed by atoms with Gasteiger partial charge in [-0.25, -0.2) is 4.99 Å². The predicted molar refractivity (Wildman–Crippen MR) is 140 cm³/mol. The third kappa shape index (κ3) is 4.34. The molecule has 0 bridgehead atoms. The molecule has 180 valence electrons. The minimum atomic E-state index is -0.716. The zero-order valence-electron chi connectivity index (χ0n) is 19.6. The molecule has 1 amide bonds. The van der Waals surface area contributed by atoms with Crippen molar-refractivity contribution >= 4 is 29.0 Å². The fourth-order valence-corrected chi connectivity index (χ4v) is 5.25. The first-order valence-electron chi connectivity index (χ1n) is 11.3. The molecule has 0 saturated carbocycles. The van der Waals surface area contributed by atoms with Crippen molar-refractivity contribution in [3.63, 3.8) is 0 Å². The number of aromatic nitrogens is 1. The standard InChI is InChI=1S/C28H23N3O4S/c1-17-24(26(33)30-20-11-4-3-5-12-20)25(19-10-8-13-21(15-19)35-2)31-27(34)23(36-28(31)29-17)16-18-9-6-7-14-22(18)32/h3-16,25,32H,1-2H3,(H,30,33)/b23-16+/t25-/m1/s1. The molecule has 8 heteroatoms. The zero-order valence-corrected chi connectivity index (χ0v) is 20.5. The highest BCUT2D eigenvalue weighted by Gasteiger charge is 2.32. The van der Waals surface area contributed by atoms with E-state index in [1.807, 2.05) is 42.5 Å². The van der Waals surface area contributed by atoms with E-state index >= 15 is 0 Å². The Morgan fingerprint density at radius 2 is 1.83 bits per heavy atom. The number of rotatable bonds is 5. The monoisotopic (exact) mass is 497 g/mol. The minimum absolute atomic E-state index is 0.0757. The third-order valence-electron chi connectivity index (χ3n) is 5.93. The number of hydrogen-bond acceptors (Lipinski definition) is 6. The van der Waals surface area contributed by atoms with Crippen LogP contribution in [0.1, 0.15) is 24.1 Å². The van der Waals surface area contributed by atoms with Gasteiger partial charge in [-0.2, -0.15) is 0 Å². The molecule has 0 radical (unpaired) electrons. The molecule has 2 N–H and O–H groups in total. The van der Waals surface area contributed by atoms with Gasteiger partial charge in [0, 0.05) is 11.3 Å². The van der Waals surface area contributed by atoms with Crippen molar-refractivity contribution in [3.8, 4) is 11.5 Å². The van der Waals surface area contributed by atoms with E-state index < -0.39 is 6.04 Å². The number of hydrogen-bond donors (Lipinski definition) is 2. The number of benzene rings is 3. The highest BCUT2D eigenvalue weighted by Crippen LogP contribution is 2.32. The van der Waals surface area contributed by atoms with E-state index in [-0.39, 0.29) is 17.2 Å². The van der Waals surface area contributed by atoms with Crippen LogP contribution in [-0.2, 0) is 4.79 Å². The number of amides is 1. The second-order valence-electron chi connectivity index (χ2n) is 8.24. The Morgan fingerprint density at radius 1 is 1.08 bits per heavy atom. The molecule has 1 aliphatic heterocycles. The Kier molecular flexibility index (Phi) is 6.26. The zero-order chi connectivity index (χ0) is 25.2. The molecule has 3 aromatic carbocycles. The SMILES string of the molecule is COc1cccc([C@@H]2C(C(=O)Nc3ccccc3)=C(C)N=c3s/c(=C/c4ccccc4O)c(=O)n32)c1. The lowest BCUT2D eigenvalue weighted by atomic mass is 9.95. The quantitative estimate of drug-likeness (QED) is 0.441. The van der Waals surface area contributed by atoms with Crippen LogP contribution in [0.2, 0.25) is 0 Å². The lowest BCUT2D eigenvalue weighted by molar-refractivity contribution is -0.113. The number of anilines is 1. The van der Waals surface area contributed by atoms with Crippen LogP contribution in [0.4, 0.5) is 5.69 Å². The van der Waals surface area contributed by atoms with Crippen molar-refractivity contribution in [3.05, 3.63) is 121 Å². The molecule has 1 atom stereocenters. The predicted octanol–water partition coefficient (Wildman–Crippen LogP) is 3.59. The van der Waals surface area contributed by atoms with Crippen molar-refractivity contribution in [2.75, 3.05) is 12.4 Å². The molecule has 4 aromatic rings. The second kappa shape index (κ2) is 9.67. The minimum Gasteiger partial charge on any atom is -0.507 e. The first-order valence-corrected chi connectivity index (χ1v) is 12.1. The van der Waals surface area contributed by atoms with Crippen LogP contribution in [-0.4, -0.2) is 22.7 Å². The summed E-state index contributed by atoms with van der Waals surface area (Å²) in [4.78, 5) is 32.4. The van der Waals surface area contributed by atoms with Crippen molar-refractivity contribution in [1.82, 2.24) is 4.57 Å². The van der Waals surface area contributed by atoms with Gasteiger partial charge < -0.3 is 15.2 Å². The number of methoxy groups -OCH3 is 1. The van der Waals surface area contributed by atoms with Gasteiger partial charge >= 0.3 is 0 Å². The Morgan fingerprint density at radius 3 is 2.58 bits per heavy atom. The van der Waals surface area contributed by atoms with Crippen LogP contribution in [0.3, 0.4) is 0 Å². The lowest BCUT2D eigenvalue weighted by Crippen LogP contribution is -2.40. The van der Waals surface area contributed by atoms with Crippen molar-refractivity contribution in [1.29, 1.82) is 0 Å². The average Bonchev–Trinajstić information content (AvgIpc) is 3.19. The Hall–Kier alpha value is -4.43. The summed E-state index contributed by atoms with van der Waals surface area (Å²) in [7, 11) is 1.57. The van der Waals surface area contributed by atoms with Crippen molar-refractivity contribution in [2.45, 2.75) is 13.0 Å². The fraction of sp³-hybridized carbons (Fsp3) is 0.107. The van der Waals surface area contributed by atoms with Gasteiger partial charge in [0.05, 0.1) is 29.0 Å². The molecule has 5 rings (SSSR count). The van der Waals surface area contributed by atoms with Crippen LogP contribution >= 0.6 is 11.3 Å². The largest absolute Gasteiger partial charge is 0.507 e. The Labute approximate surface area is 211 Å². The maximum absolute atomic E-state index is 13.7. The number of carbonyl (C=O) groups is 1. The van der Waals surface area contributed by atoms with Gasteiger partial charge in [-0.05, 0) is 48.9 Å². The Balaban J connectivity index is 1.70. The molecule has 7 nitrogen and oxygen atoms in total. The maximum Gasteiger partial charge on any atom is 0.271 e. The van der Waals surface area contributed by atoms with Gasteiger partial charge in [-0.1, -0.05) is 59.9 Å². The molecule has 1 aromatic heterocycles. The third-order valence-corrected chi connectivity index (χ3v) is 6.91. The molecular formula is C28H23N3O4S. The average molecular weight is 498 g/mol. The first kappa shape index (κ1) is 23.3. The fourth-order valence-electron chi connectivity index (χ4n) is 4.21. The highest BCUT2D eigenvalue weighted by atomic mass is 32.1. The van der Waals surface area contributed by atoms with E-state index in [1.54, 1.807) is 56.5 Å². The first-order chi connectivity index (χ1) is 17.5. The normalized spacial score (nSPS) is 15.3. The number of phenols is 1. The summed E-state index contributed by atoms with van der Waals surface area (Å²) in [6.45, 7) is 1.77. The number of fused-ring (bicyclic) bond motifs is 1. The van der Waals surface area contributed by atoms with Crippen LogP contribution in [0.25, 0.3) is 6.08 Å². The summed E-state index contributed by atoms with van der Waals surface area (Å²) in [5.74, 6) is 0.346. The highest BCUT2D eigenvalue weighted by molar-refractivity contribution is 7.07. The van der Waals surface area contributed by atoms with Crippen LogP contribution < -0.4 is 24.9 Å². The van der Waals surface area contributed by atoms with Crippen molar-refractivity contribution in [2.24, 2.45) is 4.99 Å². The molecule has 1 aliphatic rings. The van der Waals surface area contributed by atoms with Gasteiger partial charge in [0.25, 0.3) is 11.5 Å². The summed E-state index contributed by atoms with van der Waals surface area (Å²) >= 11 is 1.22. The molecule has 0 saturated heterocycles. The number of aromatic hydroxyl groups is 1. The number of phenolic OH excluding ortho intramolecular Hbond substituents is 1. The summed E-state index contributed by atoms with van der Waals surface area (Å²) in [6.07, 6.45) is 1.64. The molecule has 0 unspecified atom stereocenters. The van der Waals surface area contributed by atoms with Crippen LogP contribution in [0.15, 0.2) is 99.9 Å². The summed E-state index contributed by atoms with van der Waals surface area (Å²) in [5.41, 5.74) is 2.48. The number of para-hydroxylation sites is 2. The summed E-state index contributed by atoms with van der Waals surface area (Å²) in [6, 6.07) is 22.6. The van der Waals surface area contributed by atoms with Crippen molar-refractivity contribution < 1.29 is 14.6 Å². The maximum atomic E-state index is 13.7. The molecule has 0 aliphatic carbocycles. The molecule has 0 spiro atoms. The van der Waals surface area contributed by atoms with Gasteiger partial charge in [0.15, 0.2) is 4.80 Å². The summed E-state index contributed by atoms with van der Waals surface area (Å²) in [5, 5.41) is 13.2. The van der Waals surface area contributed by atoms with E-state index in [0.29, 0.717) is 37.6 Å². The van der Waals surface area contributed by atoms with Gasteiger partial charge in [0.1, 0.15) is 11.5 Å². The van der Waals surface area contributed by atoms with E-state index in [9.17, 15) is 14.7 Å². The van der Waals surface area contributed by atoms with Crippen LogP contribution in [0.5, 0.6) is 11.5 Å². The van der Waals surface area contributed by atoms with E-state index in [4.69, 9.17) is 4.74 Å². The van der Waals surface area contributed by atoms with E-state index in [2.05, 4.69) is 10.3 Å². The Bertz CT molecular complexity index is 1670. The lowest BCUT2D eigenvalue weighted by Gasteiger charge is -2.25. The molecule has 0 fully saturated rings. The number of ether oxygens (including phenoxy) is 1. The number of allylic oxidation sites excluding steroid dienone is 1. The van der Waals surface area contributed by atoms with Crippen LogP contribution in [0, 0.1) is 0 Å². The van der Waals surface area contributed by atoms with Gasteiger partial charge in [-0.3, -0.25) is 14.2 Å². The topological polar surface area (TPSA) is 92.9 Å². The van der Waals surface area contributed by atoms with E-state index in [1.165, 1.54) is 15.9 Å². The number of carbonyl (C=O) groups excluding carboxylic acids is 1. The number of thiazole rings is 1. The molecular weight excluding hydrogens is 474 g/mol. The smallest absolute Gasteiger partial charge is 0.271 e. The molecule has 2 heterocycles. The second-order valence-corrected chi connectivity index (χ2v) is 9.25. The van der Waals surface area contributed by atoms with Gasteiger partial charge in [-0.15, -0.1) is 0 Å². The van der Waals surface area contributed by atoms with E-state index in [0.717, 1.165) is 5.56 Å². The number of nitrogens with one attached hydrogen (secondary N) is 1. The number of nitrogens with zero attached hydrogens (tertiary/aromatic N) is 2. The molecule has 36 heavy (non-hydrogen) atoms. The summed E-state index contributed by atoms with van der Waals surface area (Å²) < 4.78 is 7.36. The van der Waals surface area contributed by atoms with Gasteiger partial charge in [0.2, 0.25) is 0 Å².